The van der Waals surface area contributed by atoms with Crippen LogP contribution in [0.2, 0.25) is 0 Å². The molecule has 142 valence electrons. The van der Waals surface area contributed by atoms with E-state index in [4.69, 9.17) is 4.74 Å². The van der Waals surface area contributed by atoms with Crippen LogP contribution in [0.15, 0.2) is 61.2 Å². The zero-order chi connectivity index (χ0) is 19.8. The van der Waals surface area contributed by atoms with Crippen molar-refractivity contribution < 1.29 is 14.3 Å². The molecule has 0 aliphatic carbocycles. The Kier molecular flexibility index (Phi) is 6.25. The predicted octanol–water partition coefficient (Wildman–Crippen LogP) is 2.91. The summed E-state index contributed by atoms with van der Waals surface area (Å²) < 4.78 is 4.92. The Bertz CT molecular complexity index is 928. The van der Waals surface area contributed by atoms with Crippen LogP contribution >= 0.6 is 0 Å². The Morgan fingerprint density at radius 2 is 1.75 bits per heavy atom. The van der Waals surface area contributed by atoms with Gasteiger partial charge in [-0.25, -0.2) is 14.8 Å². The van der Waals surface area contributed by atoms with Crippen LogP contribution in [0.1, 0.15) is 33.3 Å². The number of rotatable bonds is 7. The highest BCUT2D eigenvalue weighted by molar-refractivity contribution is 6.03. The first-order chi connectivity index (χ1) is 13.7. The molecule has 0 fully saturated rings. The highest BCUT2D eigenvalue weighted by Crippen LogP contribution is 2.12. The lowest BCUT2D eigenvalue weighted by atomic mass is 10.2. The van der Waals surface area contributed by atoms with Gasteiger partial charge in [0.05, 0.1) is 24.6 Å². The number of nitrogens with one attached hydrogen (secondary N) is 2. The average Bonchev–Trinajstić information content (AvgIpc) is 2.74. The Balaban J connectivity index is 1.56. The van der Waals surface area contributed by atoms with E-state index < -0.39 is 11.9 Å². The third-order valence-electron chi connectivity index (χ3n) is 3.76. The van der Waals surface area contributed by atoms with Gasteiger partial charge in [0.1, 0.15) is 11.5 Å². The van der Waals surface area contributed by atoms with Crippen molar-refractivity contribution in [1.82, 2.24) is 15.0 Å². The van der Waals surface area contributed by atoms with Gasteiger partial charge >= 0.3 is 5.97 Å². The van der Waals surface area contributed by atoms with Crippen LogP contribution in [0.5, 0.6) is 0 Å². The van der Waals surface area contributed by atoms with E-state index >= 15 is 0 Å². The van der Waals surface area contributed by atoms with Crippen LogP contribution in [0.25, 0.3) is 0 Å². The van der Waals surface area contributed by atoms with Crippen LogP contribution in [-0.4, -0.2) is 33.4 Å². The minimum absolute atomic E-state index is 0.184. The summed E-state index contributed by atoms with van der Waals surface area (Å²) in [7, 11) is 0. The molecule has 3 aromatic rings. The fraction of sp³-hybridized carbons (Fsp3) is 0.150. The molecule has 3 rings (SSSR count). The quantitative estimate of drug-likeness (QED) is 0.610. The van der Waals surface area contributed by atoms with Crippen molar-refractivity contribution in [2.45, 2.75) is 13.5 Å². The van der Waals surface area contributed by atoms with Gasteiger partial charge in [-0.15, -0.1) is 0 Å². The predicted molar refractivity (Wildman–Crippen MR) is 104 cm³/mol. The highest BCUT2D eigenvalue weighted by atomic mass is 16.5. The molecule has 0 spiro atoms. The van der Waals surface area contributed by atoms with Gasteiger partial charge in [-0.1, -0.05) is 0 Å². The number of anilines is 2. The first-order valence-corrected chi connectivity index (χ1v) is 8.69. The van der Waals surface area contributed by atoms with E-state index in [1.807, 2.05) is 12.1 Å². The number of nitrogens with zero attached hydrogens (tertiary/aromatic N) is 3. The molecule has 2 N–H and O–H groups in total. The molecule has 28 heavy (non-hydrogen) atoms. The van der Waals surface area contributed by atoms with Gasteiger partial charge in [0.15, 0.2) is 0 Å². The Hall–Kier alpha value is -3.81. The first kappa shape index (κ1) is 19.0. The molecule has 0 bridgehead atoms. The highest BCUT2D eigenvalue weighted by Gasteiger charge is 2.10. The van der Waals surface area contributed by atoms with E-state index in [1.165, 1.54) is 12.4 Å². The summed E-state index contributed by atoms with van der Waals surface area (Å²) in [5, 5.41) is 5.84. The van der Waals surface area contributed by atoms with E-state index in [0.29, 0.717) is 30.2 Å². The maximum Gasteiger partial charge on any atom is 0.338 e. The van der Waals surface area contributed by atoms with E-state index in [0.717, 1.165) is 5.56 Å². The van der Waals surface area contributed by atoms with E-state index in [1.54, 1.807) is 43.6 Å². The first-order valence-electron chi connectivity index (χ1n) is 8.69. The maximum absolute atomic E-state index is 12.3. The molecule has 0 aliphatic rings. The Labute approximate surface area is 162 Å². The second-order valence-electron chi connectivity index (χ2n) is 5.75. The van der Waals surface area contributed by atoms with Crippen molar-refractivity contribution >= 4 is 23.4 Å². The minimum Gasteiger partial charge on any atom is -0.462 e. The van der Waals surface area contributed by atoms with Crippen molar-refractivity contribution in [3.8, 4) is 0 Å². The SMILES string of the molecule is CCOC(=O)c1ccc(NC(=O)c2cnc(NCc3ccncc3)cn2)cc1. The van der Waals surface area contributed by atoms with Gasteiger partial charge in [-0.2, -0.15) is 0 Å². The third kappa shape index (κ3) is 5.10. The molecule has 8 nitrogen and oxygen atoms in total. The summed E-state index contributed by atoms with van der Waals surface area (Å²) in [6.45, 7) is 2.63. The Morgan fingerprint density at radius 1 is 1.00 bits per heavy atom. The number of ether oxygens (including phenoxy) is 1. The fourth-order valence-electron chi connectivity index (χ4n) is 2.33. The minimum atomic E-state index is -0.402. The number of carbonyl (C=O) groups is 2. The molecular formula is C20H19N5O3. The number of hydrogen-bond acceptors (Lipinski definition) is 7. The monoisotopic (exact) mass is 377 g/mol. The van der Waals surface area contributed by atoms with Crippen LogP contribution in [0, 0.1) is 0 Å². The summed E-state index contributed by atoms with van der Waals surface area (Å²) in [4.78, 5) is 36.2. The van der Waals surface area contributed by atoms with Crippen molar-refractivity contribution in [2.75, 3.05) is 17.2 Å². The number of esters is 1. The molecule has 2 aromatic heterocycles. The van der Waals surface area contributed by atoms with Gasteiger partial charge in [0.2, 0.25) is 0 Å². The molecule has 8 heteroatoms. The maximum atomic E-state index is 12.3. The molecule has 0 saturated carbocycles. The fourth-order valence-corrected chi connectivity index (χ4v) is 2.33. The van der Waals surface area contributed by atoms with Crippen molar-refractivity contribution in [2.24, 2.45) is 0 Å². The van der Waals surface area contributed by atoms with E-state index in [-0.39, 0.29) is 5.69 Å². The van der Waals surface area contributed by atoms with Crippen molar-refractivity contribution in [3.63, 3.8) is 0 Å². The third-order valence-corrected chi connectivity index (χ3v) is 3.76. The summed E-state index contributed by atoms with van der Waals surface area (Å²) in [6.07, 6.45) is 6.34. The lowest BCUT2D eigenvalue weighted by molar-refractivity contribution is 0.0526. The largest absolute Gasteiger partial charge is 0.462 e. The summed E-state index contributed by atoms with van der Waals surface area (Å²) in [5.41, 5.74) is 2.21. The second kappa shape index (κ2) is 9.22. The Morgan fingerprint density at radius 3 is 2.39 bits per heavy atom. The van der Waals surface area contributed by atoms with Crippen molar-refractivity contribution in [1.29, 1.82) is 0 Å². The van der Waals surface area contributed by atoms with Gasteiger partial charge < -0.3 is 15.4 Å². The number of amides is 1. The number of benzene rings is 1. The normalized spacial score (nSPS) is 10.2. The van der Waals surface area contributed by atoms with Gasteiger partial charge in [-0.3, -0.25) is 9.78 Å². The molecule has 0 atom stereocenters. The lowest BCUT2D eigenvalue weighted by Gasteiger charge is -2.07. The molecule has 1 amide bonds. The molecule has 0 radical (unpaired) electrons. The standard InChI is InChI=1S/C20H19N5O3/c1-2-28-20(27)15-3-5-16(6-4-15)25-19(26)17-12-24-18(13-22-17)23-11-14-7-9-21-10-8-14/h3-10,12-13H,2,11H2,1H3,(H,23,24)(H,25,26). The molecule has 2 heterocycles. The number of carbonyl (C=O) groups excluding carboxylic acids is 2. The van der Waals surface area contributed by atoms with Crippen molar-refractivity contribution in [3.05, 3.63) is 78.0 Å². The topological polar surface area (TPSA) is 106 Å². The molecular weight excluding hydrogens is 358 g/mol. The number of pyridine rings is 1. The van der Waals surface area contributed by atoms with Gasteiger partial charge in [0.25, 0.3) is 5.91 Å². The molecule has 0 aliphatic heterocycles. The van der Waals surface area contributed by atoms with Gasteiger partial charge in [-0.05, 0) is 48.9 Å². The molecule has 1 aromatic carbocycles. The zero-order valence-electron chi connectivity index (χ0n) is 15.3. The van der Waals surface area contributed by atoms with Crippen LogP contribution in [0.4, 0.5) is 11.5 Å². The van der Waals surface area contributed by atoms with E-state index in [9.17, 15) is 9.59 Å². The van der Waals surface area contributed by atoms with E-state index in [2.05, 4.69) is 25.6 Å². The smallest absolute Gasteiger partial charge is 0.338 e. The van der Waals surface area contributed by atoms with Crippen LogP contribution in [0.3, 0.4) is 0 Å². The molecule has 0 unspecified atom stereocenters. The summed E-state index contributed by atoms with van der Waals surface area (Å²) >= 11 is 0. The number of aromatic nitrogens is 3. The molecule has 0 saturated heterocycles. The van der Waals surface area contributed by atoms with Crippen LogP contribution in [-0.2, 0) is 11.3 Å². The van der Waals surface area contributed by atoms with Gasteiger partial charge in [0, 0.05) is 24.6 Å². The average molecular weight is 377 g/mol. The zero-order valence-corrected chi connectivity index (χ0v) is 15.3. The number of hydrogen-bond donors (Lipinski definition) is 2. The lowest BCUT2D eigenvalue weighted by Crippen LogP contribution is -2.14. The summed E-state index contributed by atoms with van der Waals surface area (Å²) in [6, 6.07) is 10.2. The van der Waals surface area contributed by atoms with Crippen LogP contribution < -0.4 is 10.6 Å². The summed E-state index contributed by atoms with van der Waals surface area (Å²) in [5.74, 6) is -0.231. The second-order valence-corrected chi connectivity index (χ2v) is 5.75.